The van der Waals surface area contributed by atoms with E-state index >= 15 is 0 Å². The molecule has 2 aromatic heterocycles. The molecule has 2 aromatic carbocycles. The van der Waals surface area contributed by atoms with Gasteiger partial charge in [0, 0.05) is 6.08 Å². The minimum atomic E-state index is -4.25. The number of sulfone groups is 1. The number of carbonyl (C=O) groups is 2. The maximum atomic E-state index is 12.7. The lowest BCUT2D eigenvalue weighted by atomic mass is 10.2. The average molecular weight is 596 g/mol. The summed E-state index contributed by atoms with van der Waals surface area (Å²) in [5.74, 6) is 3.89. The first-order chi connectivity index (χ1) is 20.3. The van der Waals surface area contributed by atoms with E-state index in [1.54, 1.807) is 36.4 Å². The van der Waals surface area contributed by atoms with Crippen molar-refractivity contribution in [3.05, 3.63) is 95.1 Å². The second-order valence-corrected chi connectivity index (χ2v) is 9.87. The van der Waals surface area contributed by atoms with Crippen molar-refractivity contribution in [1.82, 2.24) is 10.6 Å². The van der Waals surface area contributed by atoms with Crippen LogP contribution in [0.15, 0.2) is 91.8 Å². The van der Waals surface area contributed by atoms with Gasteiger partial charge in [-0.25, -0.2) is 18.7 Å². The highest BCUT2D eigenvalue weighted by atomic mass is 32.2. The number of ether oxygens (including phenoxy) is 3. The van der Waals surface area contributed by atoms with E-state index in [0.717, 1.165) is 0 Å². The Balaban J connectivity index is 1.20. The number of esters is 1. The molecule has 4 aromatic rings. The van der Waals surface area contributed by atoms with Crippen molar-refractivity contribution in [2.45, 2.75) is 16.5 Å². The second-order valence-electron chi connectivity index (χ2n) is 8.00. The highest BCUT2D eigenvalue weighted by Gasteiger charge is 2.35. The number of furan rings is 1. The molecule has 0 unspecified atom stereocenters. The molecule has 0 fully saturated rings. The van der Waals surface area contributed by atoms with Crippen molar-refractivity contribution in [2.75, 3.05) is 13.2 Å². The number of rotatable bonds is 11. The van der Waals surface area contributed by atoms with Crippen LogP contribution in [0.25, 0.3) is 6.08 Å². The van der Waals surface area contributed by atoms with Gasteiger partial charge in [-0.15, -0.1) is 0 Å². The zero-order chi connectivity index (χ0) is 30.0. The molecule has 0 atom stereocenters. The largest absolute Gasteiger partial charge is 0.486 e. The van der Waals surface area contributed by atoms with E-state index in [9.17, 15) is 23.2 Å². The Kier molecular flexibility index (Phi) is 9.56. The van der Waals surface area contributed by atoms with Crippen LogP contribution < -0.4 is 19.9 Å². The van der Waals surface area contributed by atoms with Crippen LogP contribution in [0.5, 0.6) is 11.6 Å². The molecular weight excluding hydrogens is 574 g/mol. The van der Waals surface area contributed by atoms with E-state index in [0.29, 0.717) is 17.1 Å². The number of amides is 1. The first-order valence-electron chi connectivity index (χ1n) is 11.9. The third-order valence-electron chi connectivity index (χ3n) is 5.21. The molecule has 0 aliphatic carbocycles. The van der Waals surface area contributed by atoms with Gasteiger partial charge in [0.05, 0.1) is 10.1 Å². The van der Waals surface area contributed by atoms with E-state index in [1.165, 1.54) is 48.0 Å². The number of hydroxylamine groups is 1. The Morgan fingerprint density at radius 1 is 1.02 bits per heavy atom. The van der Waals surface area contributed by atoms with E-state index in [2.05, 4.69) is 21.6 Å². The third-order valence-corrected chi connectivity index (χ3v) is 6.93. The minimum Gasteiger partial charge on any atom is -0.486 e. The number of carbonyl (C=O) groups excluding carboxylic acids is 2. The van der Waals surface area contributed by atoms with Crippen LogP contribution in [-0.2, 0) is 26.0 Å². The van der Waals surface area contributed by atoms with Gasteiger partial charge in [0.15, 0.2) is 19.0 Å². The topological polar surface area (TPSA) is 194 Å². The first kappa shape index (κ1) is 29.4. The van der Waals surface area contributed by atoms with Gasteiger partial charge in [0.1, 0.15) is 18.1 Å². The molecule has 0 aliphatic heterocycles. The summed E-state index contributed by atoms with van der Waals surface area (Å²) in [6.45, 7) is -0.578. The van der Waals surface area contributed by atoms with Crippen molar-refractivity contribution in [3.63, 3.8) is 0 Å². The van der Waals surface area contributed by atoms with Crippen molar-refractivity contribution in [3.8, 4) is 23.5 Å². The van der Waals surface area contributed by atoms with Crippen LogP contribution in [0, 0.1) is 17.0 Å². The molecule has 2 N–H and O–H groups in total. The van der Waals surface area contributed by atoms with Gasteiger partial charge in [0.25, 0.3) is 9.84 Å². The van der Waals surface area contributed by atoms with Crippen LogP contribution in [-0.4, -0.2) is 43.9 Å². The molecule has 0 radical (unpaired) electrons. The molecule has 42 heavy (non-hydrogen) atoms. The summed E-state index contributed by atoms with van der Waals surface area (Å²) in [4.78, 5) is 22.8. The quantitative estimate of drug-likeness (QED) is 0.0641. The monoisotopic (exact) mass is 595 g/mol. The number of nitrogens with zero attached hydrogens (tertiary/aromatic N) is 2. The molecular formula is C27H21N3O11S. The molecule has 15 heteroatoms. The lowest BCUT2D eigenvalue weighted by Gasteiger charge is -2.04. The SMILES string of the molecule is O=C(C=Cc1ccc(OCc2ccc(C(=O)NO)o2)cc1)OCC#CCOc1no[n+]([O-])c1S(=O)(=O)c1ccccc1. The maximum absolute atomic E-state index is 12.7. The fraction of sp³-hybridized carbons (Fsp3) is 0.111. The van der Waals surface area contributed by atoms with E-state index in [-0.39, 0.29) is 35.4 Å². The van der Waals surface area contributed by atoms with E-state index < -0.39 is 32.6 Å². The number of hydrogen-bond donors (Lipinski definition) is 2. The van der Waals surface area contributed by atoms with Crippen LogP contribution >= 0.6 is 0 Å². The normalized spacial score (nSPS) is 11.0. The van der Waals surface area contributed by atoms with Gasteiger partial charge in [-0.3, -0.25) is 14.6 Å². The predicted molar refractivity (Wildman–Crippen MR) is 139 cm³/mol. The average Bonchev–Trinajstić information content (AvgIpc) is 3.64. The summed E-state index contributed by atoms with van der Waals surface area (Å²) in [7, 11) is -4.25. The molecule has 0 saturated heterocycles. The number of nitrogens with one attached hydrogen (secondary N) is 1. The molecule has 0 bridgehead atoms. The predicted octanol–water partition coefficient (Wildman–Crippen LogP) is 2.07. The van der Waals surface area contributed by atoms with Gasteiger partial charge in [0.2, 0.25) is 0 Å². The Hall–Kier alpha value is -5.59. The van der Waals surface area contributed by atoms with Crippen molar-refractivity contribution >= 4 is 27.8 Å². The van der Waals surface area contributed by atoms with E-state index in [1.807, 2.05) is 0 Å². The van der Waals surface area contributed by atoms with E-state index in [4.69, 9.17) is 23.8 Å². The summed E-state index contributed by atoms with van der Waals surface area (Å²) >= 11 is 0. The summed E-state index contributed by atoms with van der Waals surface area (Å²) in [5, 5.41) is 23.0. The lowest BCUT2D eigenvalue weighted by molar-refractivity contribution is -0.832. The van der Waals surface area contributed by atoms with Gasteiger partial charge in [-0.2, -0.15) is 0 Å². The molecule has 4 rings (SSSR count). The zero-order valence-corrected chi connectivity index (χ0v) is 22.3. The maximum Gasteiger partial charge on any atom is 0.415 e. The van der Waals surface area contributed by atoms with Crippen LogP contribution in [0.2, 0.25) is 0 Å². The highest BCUT2D eigenvalue weighted by Crippen LogP contribution is 2.24. The van der Waals surface area contributed by atoms with Gasteiger partial charge < -0.3 is 23.8 Å². The highest BCUT2D eigenvalue weighted by molar-refractivity contribution is 7.91. The van der Waals surface area contributed by atoms with Gasteiger partial charge in [-0.1, -0.05) is 42.2 Å². The van der Waals surface area contributed by atoms with Crippen molar-refractivity contribution in [2.24, 2.45) is 0 Å². The smallest absolute Gasteiger partial charge is 0.415 e. The standard InChI is InChI=1S/C27H21N3O11S/c31-24(15-10-19-8-11-20(12-9-19)39-18-21-13-14-23(40-21)25(32)28-33)37-16-4-5-17-38-26-27(30(34)41-29-26)42(35,36)22-6-2-1-3-7-22/h1-3,6-15,33H,16-18H2,(H,28,32). The molecule has 14 nitrogen and oxygen atoms in total. The Morgan fingerprint density at radius 3 is 2.50 bits per heavy atom. The van der Waals surface area contributed by atoms with Crippen LogP contribution in [0.1, 0.15) is 21.9 Å². The Labute approximate surface area is 238 Å². The summed E-state index contributed by atoms with van der Waals surface area (Å²) in [6.07, 6.45) is 2.72. The second kappa shape index (κ2) is 13.7. The van der Waals surface area contributed by atoms with Gasteiger partial charge in [-0.05, 0) is 52.9 Å². The van der Waals surface area contributed by atoms with Crippen molar-refractivity contribution in [1.29, 1.82) is 0 Å². The summed E-state index contributed by atoms with van der Waals surface area (Å²) < 4.78 is 50.8. The fourth-order valence-corrected chi connectivity index (χ4v) is 4.52. The number of hydrogen-bond acceptors (Lipinski definition) is 12. The third kappa shape index (κ3) is 7.53. The molecule has 2 heterocycles. The summed E-state index contributed by atoms with van der Waals surface area (Å²) in [6, 6.07) is 16.9. The molecule has 0 aliphatic rings. The minimum absolute atomic E-state index is 0.0531. The fourth-order valence-electron chi connectivity index (χ4n) is 3.23. The molecule has 216 valence electrons. The molecule has 1 amide bonds. The Bertz CT molecular complexity index is 1730. The summed E-state index contributed by atoms with van der Waals surface area (Å²) in [5.41, 5.74) is 2.16. The number of aromatic nitrogens is 2. The Morgan fingerprint density at radius 2 is 1.76 bits per heavy atom. The van der Waals surface area contributed by atoms with Crippen LogP contribution in [0.3, 0.4) is 0 Å². The molecule has 0 spiro atoms. The zero-order valence-electron chi connectivity index (χ0n) is 21.5. The number of benzene rings is 2. The van der Waals surface area contributed by atoms with Crippen molar-refractivity contribution < 1.29 is 51.4 Å². The van der Waals surface area contributed by atoms with Crippen LogP contribution in [0.4, 0.5) is 0 Å². The lowest BCUT2D eigenvalue weighted by Crippen LogP contribution is -2.30. The van der Waals surface area contributed by atoms with Gasteiger partial charge >= 0.3 is 22.8 Å². The first-order valence-corrected chi connectivity index (χ1v) is 13.4. The molecule has 0 saturated carbocycles.